The van der Waals surface area contributed by atoms with Gasteiger partial charge in [0.25, 0.3) is 15.9 Å². The predicted octanol–water partition coefficient (Wildman–Crippen LogP) is 4.03. The molecule has 8 nitrogen and oxygen atoms in total. The largest absolute Gasteiger partial charge is 0.496 e. The zero-order chi connectivity index (χ0) is 24.9. The van der Waals surface area contributed by atoms with Gasteiger partial charge in [-0.3, -0.25) is 9.10 Å². The van der Waals surface area contributed by atoms with E-state index in [1.807, 2.05) is 31.2 Å². The molecule has 0 saturated heterocycles. The van der Waals surface area contributed by atoms with Crippen molar-refractivity contribution in [2.24, 2.45) is 0 Å². The lowest BCUT2D eigenvalue weighted by Gasteiger charge is -2.21. The summed E-state index contributed by atoms with van der Waals surface area (Å²) in [5.74, 6) is 1.15. The molecule has 1 N–H and O–H groups in total. The Morgan fingerprint density at radius 3 is 2.09 bits per heavy atom. The van der Waals surface area contributed by atoms with Crippen LogP contribution in [0.1, 0.15) is 28.9 Å². The van der Waals surface area contributed by atoms with Crippen LogP contribution in [-0.2, 0) is 10.0 Å². The predicted molar refractivity (Wildman–Crippen MR) is 130 cm³/mol. The molecule has 0 aliphatic rings. The standard InChI is InChI=1S/C25H28N2O6S/c1-17(21-8-6-7-9-22(21)31-3)26-25(28)18-10-12-19(13-11-18)27(2)34(29,30)20-14-15-23(32-4)24(16-20)33-5/h6-17H,1-5H3,(H,26,28)/t17-/m1/s1. The normalized spacial score (nSPS) is 11.9. The third-order valence-electron chi connectivity index (χ3n) is 5.46. The van der Waals surface area contributed by atoms with Crippen LogP contribution in [0.3, 0.4) is 0 Å². The molecule has 1 amide bonds. The smallest absolute Gasteiger partial charge is 0.264 e. The minimum atomic E-state index is -3.86. The minimum Gasteiger partial charge on any atom is -0.496 e. The van der Waals surface area contributed by atoms with Crippen molar-refractivity contribution in [3.05, 3.63) is 77.9 Å². The van der Waals surface area contributed by atoms with Crippen LogP contribution in [0, 0.1) is 0 Å². The van der Waals surface area contributed by atoms with Crippen molar-refractivity contribution in [1.82, 2.24) is 5.32 Å². The molecule has 0 bridgehead atoms. The number of para-hydroxylation sites is 1. The molecular weight excluding hydrogens is 456 g/mol. The number of carbonyl (C=O) groups is 1. The van der Waals surface area contributed by atoms with Crippen molar-refractivity contribution >= 4 is 21.6 Å². The van der Waals surface area contributed by atoms with Crippen molar-refractivity contribution in [2.75, 3.05) is 32.7 Å². The van der Waals surface area contributed by atoms with Gasteiger partial charge < -0.3 is 19.5 Å². The number of sulfonamides is 1. The molecule has 0 aliphatic carbocycles. The van der Waals surface area contributed by atoms with Crippen molar-refractivity contribution < 1.29 is 27.4 Å². The van der Waals surface area contributed by atoms with E-state index in [9.17, 15) is 13.2 Å². The Hall–Kier alpha value is -3.72. The summed E-state index contributed by atoms with van der Waals surface area (Å²) in [5.41, 5.74) is 1.67. The number of hydrogen-bond acceptors (Lipinski definition) is 6. The van der Waals surface area contributed by atoms with Crippen molar-refractivity contribution in [1.29, 1.82) is 0 Å². The number of nitrogens with zero attached hydrogens (tertiary/aromatic N) is 1. The summed E-state index contributed by atoms with van der Waals surface area (Å²) in [5, 5.41) is 2.94. The Bertz CT molecular complexity index is 1260. The monoisotopic (exact) mass is 484 g/mol. The fraction of sp³-hybridized carbons (Fsp3) is 0.240. The third kappa shape index (κ3) is 5.09. The van der Waals surface area contributed by atoms with Gasteiger partial charge in [0.2, 0.25) is 0 Å². The summed E-state index contributed by atoms with van der Waals surface area (Å²) in [6.07, 6.45) is 0. The zero-order valence-electron chi connectivity index (χ0n) is 19.7. The van der Waals surface area contributed by atoms with Crippen LogP contribution in [-0.4, -0.2) is 42.7 Å². The van der Waals surface area contributed by atoms with Gasteiger partial charge >= 0.3 is 0 Å². The molecule has 0 radical (unpaired) electrons. The number of amides is 1. The molecule has 9 heteroatoms. The second-order valence-corrected chi connectivity index (χ2v) is 9.44. The Morgan fingerprint density at radius 2 is 1.47 bits per heavy atom. The molecule has 3 aromatic carbocycles. The molecule has 3 aromatic rings. The highest BCUT2D eigenvalue weighted by Crippen LogP contribution is 2.32. The Morgan fingerprint density at radius 1 is 0.853 bits per heavy atom. The average molecular weight is 485 g/mol. The molecule has 34 heavy (non-hydrogen) atoms. The summed E-state index contributed by atoms with van der Waals surface area (Å²) in [4.78, 5) is 12.8. The Balaban J connectivity index is 1.77. The molecule has 0 unspecified atom stereocenters. The van der Waals surface area contributed by atoms with Crippen molar-refractivity contribution in [3.8, 4) is 17.2 Å². The number of carbonyl (C=O) groups excluding carboxylic acids is 1. The van der Waals surface area contributed by atoms with E-state index < -0.39 is 10.0 Å². The van der Waals surface area contributed by atoms with Gasteiger partial charge in [0, 0.05) is 24.2 Å². The first kappa shape index (κ1) is 24.9. The first-order valence-electron chi connectivity index (χ1n) is 10.5. The third-order valence-corrected chi connectivity index (χ3v) is 7.24. The Kier molecular flexibility index (Phi) is 7.68. The molecule has 0 fully saturated rings. The van der Waals surface area contributed by atoms with Gasteiger partial charge in [-0.15, -0.1) is 0 Å². The number of nitrogens with one attached hydrogen (secondary N) is 1. The molecule has 0 saturated carbocycles. The lowest BCUT2D eigenvalue weighted by Crippen LogP contribution is -2.28. The van der Waals surface area contributed by atoms with Gasteiger partial charge in [0.05, 0.1) is 38.0 Å². The van der Waals surface area contributed by atoms with Gasteiger partial charge in [-0.1, -0.05) is 18.2 Å². The van der Waals surface area contributed by atoms with E-state index in [1.54, 1.807) is 31.4 Å². The summed E-state index contributed by atoms with van der Waals surface area (Å²) >= 11 is 0. The maximum Gasteiger partial charge on any atom is 0.264 e. The number of methoxy groups -OCH3 is 3. The fourth-order valence-corrected chi connectivity index (χ4v) is 4.69. The minimum absolute atomic E-state index is 0.0557. The highest BCUT2D eigenvalue weighted by molar-refractivity contribution is 7.92. The maximum absolute atomic E-state index is 13.1. The topological polar surface area (TPSA) is 94.2 Å². The van der Waals surface area contributed by atoms with Gasteiger partial charge in [-0.05, 0) is 49.4 Å². The van der Waals surface area contributed by atoms with Gasteiger partial charge in [-0.2, -0.15) is 0 Å². The van der Waals surface area contributed by atoms with E-state index in [0.717, 1.165) is 9.87 Å². The van der Waals surface area contributed by atoms with E-state index in [0.29, 0.717) is 28.5 Å². The first-order chi connectivity index (χ1) is 16.2. The van der Waals surface area contributed by atoms with Gasteiger partial charge in [0.1, 0.15) is 5.75 Å². The lowest BCUT2D eigenvalue weighted by atomic mass is 10.1. The van der Waals surface area contributed by atoms with E-state index in [1.165, 1.54) is 39.5 Å². The van der Waals surface area contributed by atoms with Crippen LogP contribution in [0.2, 0.25) is 0 Å². The van der Waals surface area contributed by atoms with Crippen LogP contribution < -0.4 is 23.8 Å². The highest BCUT2D eigenvalue weighted by Gasteiger charge is 2.23. The van der Waals surface area contributed by atoms with Crippen LogP contribution in [0.25, 0.3) is 0 Å². The summed E-state index contributed by atoms with van der Waals surface area (Å²) in [6, 6.07) is 17.9. The Labute approximate surface area is 200 Å². The molecule has 180 valence electrons. The molecule has 1 atom stereocenters. The van der Waals surface area contributed by atoms with Crippen molar-refractivity contribution in [3.63, 3.8) is 0 Å². The van der Waals surface area contributed by atoms with Gasteiger partial charge in [0.15, 0.2) is 11.5 Å². The molecule has 0 spiro atoms. The molecule has 0 heterocycles. The second-order valence-electron chi connectivity index (χ2n) is 7.47. The van der Waals surface area contributed by atoms with Crippen LogP contribution >= 0.6 is 0 Å². The summed E-state index contributed by atoms with van der Waals surface area (Å²) in [7, 11) is 2.09. The SMILES string of the molecule is COc1ccc(S(=O)(=O)N(C)c2ccc(C(=O)N[C@H](C)c3ccccc3OC)cc2)cc1OC. The van der Waals surface area contributed by atoms with Crippen LogP contribution in [0.5, 0.6) is 17.2 Å². The quantitative estimate of drug-likeness (QED) is 0.493. The first-order valence-corrected chi connectivity index (χ1v) is 11.9. The lowest BCUT2D eigenvalue weighted by molar-refractivity contribution is 0.0939. The van der Waals surface area contributed by atoms with Crippen molar-refractivity contribution in [2.45, 2.75) is 17.9 Å². The van der Waals surface area contributed by atoms with E-state index in [4.69, 9.17) is 14.2 Å². The maximum atomic E-state index is 13.1. The van der Waals surface area contributed by atoms with Crippen LogP contribution in [0.4, 0.5) is 5.69 Å². The van der Waals surface area contributed by atoms with Gasteiger partial charge in [-0.25, -0.2) is 8.42 Å². The number of rotatable bonds is 9. The summed E-state index contributed by atoms with van der Waals surface area (Å²) < 4.78 is 43.1. The number of ether oxygens (including phenoxy) is 3. The number of anilines is 1. The number of benzene rings is 3. The summed E-state index contributed by atoms with van der Waals surface area (Å²) in [6.45, 7) is 1.87. The fourth-order valence-electron chi connectivity index (χ4n) is 3.48. The zero-order valence-corrected chi connectivity index (χ0v) is 20.5. The van der Waals surface area contributed by atoms with Crippen LogP contribution in [0.15, 0.2) is 71.6 Å². The van der Waals surface area contributed by atoms with E-state index >= 15 is 0 Å². The molecular formula is C25H28N2O6S. The molecule has 3 rings (SSSR count). The molecule has 0 aliphatic heterocycles. The van der Waals surface area contributed by atoms with E-state index in [-0.39, 0.29) is 16.8 Å². The molecule has 0 aromatic heterocycles. The highest BCUT2D eigenvalue weighted by atomic mass is 32.2. The average Bonchev–Trinajstić information content (AvgIpc) is 2.87. The number of hydrogen-bond donors (Lipinski definition) is 1. The second kappa shape index (κ2) is 10.5. The van der Waals surface area contributed by atoms with E-state index in [2.05, 4.69) is 5.32 Å².